The van der Waals surface area contributed by atoms with Crippen LogP contribution in [0.5, 0.6) is 0 Å². The van der Waals surface area contributed by atoms with Crippen LogP contribution in [0.1, 0.15) is 30.2 Å². The Morgan fingerprint density at radius 1 is 1.20 bits per heavy atom. The molecule has 1 saturated carbocycles. The van der Waals surface area contributed by atoms with Crippen molar-refractivity contribution in [2.75, 3.05) is 13.7 Å². The van der Waals surface area contributed by atoms with Gasteiger partial charge < -0.3 is 9.15 Å². The molecule has 2 atom stereocenters. The molecule has 1 fully saturated rings. The lowest BCUT2D eigenvalue weighted by Gasteiger charge is -2.24. The number of hydrogen-bond donors (Lipinski definition) is 1. The molecule has 2 unspecified atom stereocenters. The van der Waals surface area contributed by atoms with Crippen molar-refractivity contribution in [3.05, 3.63) is 60.1 Å². The SMILES string of the molecule is COCC(NC(c1ccccc1)c1ccco1)C1CC1. The monoisotopic (exact) mass is 271 g/mol. The number of hydrogen-bond acceptors (Lipinski definition) is 3. The average Bonchev–Trinajstić information content (AvgIpc) is 3.20. The van der Waals surface area contributed by atoms with Crippen molar-refractivity contribution in [3.63, 3.8) is 0 Å². The summed E-state index contributed by atoms with van der Waals surface area (Å²) in [6.07, 6.45) is 4.32. The molecule has 0 amide bonds. The highest BCUT2D eigenvalue weighted by Crippen LogP contribution is 2.35. The van der Waals surface area contributed by atoms with Gasteiger partial charge in [-0.3, -0.25) is 5.32 Å². The van der Waals surface area contributed by atoms with E-state index in [1.165, 1.54) is 18.4 Å². The molecule has 2 aromatic rings. The van der Waals surface area contributed by atoms with Crippen LogP contribution in [0.15, 0.2) is 53.1 Å². The van der Waals surface area contributed by atoms with E-state index in [2.05, 4.69) is 29.6 Å². The van der Waals surface area contributed by atoms with Crippen molar-refractivity contribution >= 4 is 0 Å². The fourth-order valence-corrected chi connectivity index (χ4v) is 2.66. The van der Waals surface area contributed by atoms with E-state index in [1.54, 1.807) is 13.4 Å². The summed E-state index contributed by atoms with van der Waals surface area (Å²) in [4.78, 5) is 0. The van der Waals surface area contributed by atoms with Crippen LogP contribution >= 0.6 is 0 Å². The zero-order valence-corrected chi connectivity index (χ0v) is 11.8. The van der Waals surface area contributed by atoms with Gasteiger partial charge in [0.1, 0.15) is 5.76 Å². The van der Waals surface area contributed by atoms with Crippen molar-refractivity contribution in [3.8, 4) is 0 Å². The summed E-state index contributed by atoms with van der Waals surface area (Å²) in [5.74, 6) is 1.69. The fourth-order valence-electron chi connectivity index (χ4n) is 2.66. The molecule has 0 bridgehead atoms. The lowest BCUT2D eigenvalue weighted by Crippen LogP contribution is -2.38. The minimum absolute atomic E-state index is 0.0898. The van der Waals surface area contributed by atoms with Gasteiger partial charge in [-0.05, 0) is 36.5 Å². The Balaban J connectivity index is 1.82. The van der Waals surface area contributed by atoms with Crippen LogP contribution in [-0.2, 0) is 4.74 Å². The van der Waals surface area contributed by atoms with Crippen molar-refractivity contribution in [2.24, 2.45) is 5.92 Å². The van der Waals surface area contributed by atoms with Crippen LogP contribution in [0, 0.1) is 5.92 Å². The summed E-state index contributed by atoms with van der Waals surface area (Å²) in [7, 11) is 1.77. The number of ether oxygens (including phenoxy) is 1. The van der Waals surface area contributed by atoms with E-state index in [4.69, 9.17) is 9.15 Å². The molecule has 106 valence electrons. The summed E-state index contributed by atoms with van der Waals surface area (Å²) in [5.41, 5.74) is 1.23. The van der Waals surface area contributed by atoms with Gasteiger partial charge in [0, 0.05) is 13.2 Å². The minimum atomic E-state index is 0.0898. The molecule has 1 aliphatic rings. The molecular weight excluding hydrogens is 250 g/mol. The lowest BCUT2D eigenvalue weighted by molar-refractivity contribution is 0.152. The first-order valence-electron chi connectivity index (χ1n) is 7.22. The smallest absolute Gasteiger partial charge is 0.125 e. The molecule has 0 radical (unpaired) electrons. The summed E-state index contributed by atoms with van der Waals surface area (Å²) in [6, 6.07) is 14.9. The van der Waals surface area contributed by atoms with Gasteiger partial charge in [0.15, 0.2) is 0 Å². The molecule has 1 aromatic carbocycles. The second-order valence-corrected chi connectivity index (χ2v) is 5.43. The summed E-state index contributed by atoms with van der Waals surface area (Å²) < 4.78 is 11.0. The highest BCUT2D eigenvalue weighted by molar-refractivity contribution is 5.26. The molecular formula is C17H21NO2. The number of rotatable bonds is 7. The number of methoxy groups -OCH3 is 1. The molecule has 0 spiro atoms. The van der Waals surface area contributed by atoms with Crippen LogP contribution < -0.4 is 5.32 Å². The second-order valence-electron chi connectivity index (χ2n) is 5.43. The van der Waals surface area contributed by atoms with Crippen molar-refractivity contribution in [2.45, 2.75) is 24.9 Å². The van der Waals surface area contributed by atoms with E-state index < -0.39 is 0 Å². The molecule has 0 aliphatic heterocycles. The molecule has 1 heterocycles. The van der Waals surface area contributed by atoms with Gasteiger partial charge in [0.2, 0.25) is 0 Å². The first-order valence-corrected chi connectivity index (χ1v) is 7.22. The van der Waals surface area contributed by atoms with Gasteiger partial charge in [-0.25, -0.2) is 0 Å². The summed E-state index contributed by atoms with van der Waals surface area (Å²) in [5, 5.41) is 3.72. The molecule has 0 saturated heterocycles. The van der Waals surface area contributed by atoms with Crippen LogP contribution in [-0.4, -0.2) is 19.8 Å². The number of nitrogens with one attached hydrogen (secondary N) is 1. The molecule has 3 nitrogen and oxygen atoms in total. The zero-order valence-electron chi connectivity index (χ0n) is 11.8. The molecule has 20 heavy (non-hydrogen) atoms. The largest absolute Gasteiger partial charge is 0.467 e. The number of furan rings is 1. The third-order valence-electron chi connectivity index (χ3n) is 3.88. The van der Waals surface area contributed by atoms with E-state index in [1.807, 2.05) is 18.2 Å². The van der Waals surface area contributed by atoms with Crippen LogP contribution in [0.25, 0.3) is 0 Å². The highest BCUT2D eigenvalue weighted by Gasteiger charge is 2.33. The topological polar surface area (TPSA) is 34.4 Å². The molecule has 1 N–H and O–H groups in total. The predicted molar refractivity (Wildman–Crippen MR) is 78.5 cm³/mol. The lowest BCUT2D eigenvalue weighted by atomic mass is 10.0. The third-order valence-corrected chi connectivity index (χ3v) is 3.88. The average molecular weight is 271 g/mol. The quantitative estimate of drug-likeness (QED) is 0.838. The van der Waals surface area contributed by atoms with Crippen LogP contribution in [0.4, 0.5) is 0 Å². The van der Waals surface area contributed by atoms with Gasteiger partial charge in [0.25, 0.3) is 0 Å². The summed E-state index contributed by atoms with van der Waals surface area (Å²) >= 11 is 0. The van der Waals surface area contributed by atoms with E-state index in [0.29, 0.717) is 6.04 Å². The van der Waals surface area contributed by atoms with Gasteiger partial charge in [0.05, 0.1) is 18.9 Å². The summed E-state index contributed by atoms with van der Waals surface area (Å²) in [6.45, 7) is 0.745. The van der Waals surface area contributed by atoms with Gasteiger partial charge in [-0.1, -0.05) is 30.3 Å². The van der Waals surface area contributed by atoms with Gasteiger partial charge >= 0.3 is 0 Å². The van der Waals surface area contributed by atoms with E-state index >= 15 is 0 Å². The first kappa shape index (κ1) is 13.4. The maximum absolute atomic E-state index is 5.63. The van der Waals surface area contributed by atoms with Gasteiger partial charge in [-0.2, -0.15) is 0 Å². The Morgan fingerprint density at radius 3 is 2.60 bits per heavy atom. The Labute approximate surface area is 119 Å². The minimum Gasteiger partial charge on any atom is -0.467 e. The highest BCUT2D eigenvalue weighted by atomic mass is 16.5. The zero-order chi connectivity index (χ0) is 13.8. The van der Waals surface area contributed by atoms with Crippen LogP contribution in [0.3, 0.4) is 0 Å². The Kier molecular flexibility index (Phi) is 4.19. The van der Waals surface area contributed by atoms with Crippen molar-refractivity contribution in [1.29, 1.82) is 0 Å². The van der Waals surface area contributed by atoms with Crippen LogP contribution in [0.2, 0.25) is 0 Å². The molecule has 1 aliphatic carbocycles. The Hall–Kier alpha value is -1.58. The maximum atomic E-state index is 5.63. The van der Waals surface area contributed by atoms with E-state index in [0.717, 1.165) is 18.3 Å². The normalized spacial score (nSPS) is 17.9. The van der Waals surface area contributed by atoms with E-state index in [9.17, 15) is 0 Å². The molecule has 3 heteroatoms. The standard InChI is InChI=1S/C17H21NO2/c1-19-12-15(13-9-10-13)18-17(16-8-5-11-20-16)14-6-3-2-4-7-14/h2-8,11,13,15,17-18H,9-10,12H2,1H3. The van der Waals surface area contributed by atoms with Gasteiger partial charge in [-0.15, -0.1) is 0 Å². The first-order chi connectivity index (χ1) is 9.88. The fraction of sp³-hybridized carbons (Fsp3) is 0.412. The number of benzene rings is 1. The van der Waals surface area contributed by atoms with Crippen molar-refractivity contribution < 1.29 is 9.15 Å². The molecule has 3 rings (SSSR count). The maximum Gasteiger partial charge on any atom is 0.125 e. The van der Waals surface area contributed by atoms with E-state index in [-0.39, 0.29) is 6.04 Å². The third kappa shape index (κ3) is 3.11. The molecule has 1 aromatic heterocycles. The second kappa shape index (κ2) is 6.25. The Morgan fingerprint density at radius 2 is 2.00 bits per heavy atom. The predicted octanol–water partition coefficient (Wildman–Crippen LogP) is 3.38. The Bertz CT molecular complexity index is 505. The van der Waals surface area contributed by atoms with Crippen molar-refractivity contribution in [1.82, 2.24) is 5.32 Å².